The minimum Gasteiger partial charge on any atom is -0.493 e. The second-order valence-corrected chi connectivity index (χ2v) is 7.54. The van der Waals surface area contributed by atoms with Crippen molar-refractivity contribution in [1.82, 2.24) is 0 Å². The van der Waals surface area contributed by atoms with E-state index in [1.165, 1.54) is 0 Å². The van der Waals surface area contributed by atoms with Gasteiger partial charge < -0.3 is 14.2 Å². The number of methoxy groups -OCH3 is 2. The molecule has 0 spiro atoms. The molecule has 3 aromatic carbocycles. The minimum absolute atomic E-state index is 0.421. The van der Waals surface area contributed by atoms with Gasteiger partial charge in [0.1, 0.15) is 0 Å². The number of hydrogen-bond donors (Lipinski definition) is 0. The number of fused-ring (bicyclic) bond motifs is 1. The van der Waals surface area contributed by atoms with Gasteiger partial charge in [-0.2, -0.15) is 0 Å². The van der Waals surface area contributed by atoms with Gasteiger partial charge in [0.15, 0.2) is 17.6 Å². The summed E-state index contributed by atoms with van der Waals surface area (Å²) in [6.07, 6.45) is -0.421. The average molecular weight is 459 g/mol. The Labute approximate surface area is 176 Å². The summed E-state index contributed by atoms with van der Waals surface area (Å²) >= 11 is 10.00. The van der Waals surface area contributed by atoms with E-state index in [-0.39, 0.29) is 0 Å². The summed E-state index contributed by atoms with van der Waals surface area (Å²) in [6.45, 7) is 0. The standard InChI is InChI=1S/C22H17BrClNO3/c1-26-19-11-16-18(12-20(19)27-2)25-22(13-6-5-7-14(23)10-13)28-21(16)15-8-3-4-9-17(15)24/h3-12,21H,1-2H3. The molecule has 1 aliphatic rings. The van der Waals surface area contributed by atoms with E-state index in [1.54, 1.807) is 14.2 Å². The van der Waals surface area contributed by atoms with Gasteiger partial charge in [-0.15, -0.1) is 0 Å². The Morgan fingerprint density at radius 3 is 2.39 bits per heavy atom. The van der Waals surface area contributed by atoms with Gasteiger partial charge in [-0.3, -0.25) is 0 Å². The number of benzene rings is 3. The fourth-order valence-corrected chi connectivity index (χ4v) is 3.81. The molecular formula is C22H17BrClNO3. The third-order valence-corrected chi connectivity index (χ3v) is 5.36. The molecule has 28 heavy (non-hydrogen) atoms. The normalized spacial score (nSPS) is 15.3. The van der Waals surface area contributed by atoms with Crippen molar-refractivity contribution in [2.45, 2.75) is 6.10 Å². The highest BCUT2D eigenvalue weighted by Crippen LogP contribution is 2.45. The zero-order chi connectivity index (χ0) is 19.7. The van der Waals surface area contributed by atoms with Gasteiger partial charge in [-0.05, 0) is 30.3 Å². The highest BCUT2D eigenvalue weighted by atomic mass is 79.9. The monoisotopic (exact) mass is 457 g/mol. The highest BCUT2D eigenvalue weighted by molar-refractivity contribution is 9.10. The maximum Gasteiger partial charge on any atom is 0.222 e. The Morgan fingerprint density at radius 2 is 1.68 bits per heavy atom. The van der Waals surface area contributed by atoms with Crippen LogP contribution in [0.3, 0.4) is 0 Å². The van der Waals surface area contributed by atoms with Crippen molar-refractivity contribution in [3.63, 3.8) is 0 Å². The van der Waals surface area contributed by atoms with Crippen LogP contribution < -0.4 is 9.47 Å². The lowest BCUT2D eigenvalue weighted by atomic mass is 9.97. The van der Waals surface area contributed by atoms with Crippen LogP contribution >= 0.6 is 27.5 Å². The van der Waals surface area contributed by atoms with Gasteiger partial charge in [0, 0.05) is 32.3 Å². The SMILES string of the molecule is COc1cc2c(cc1OC)C(c1ccccc1Cl)OC(c1cccc(Br)c1)=N2. The number of nitrogens with zero attached hydrogens (tertiary/aromatic N) is 1. The first kappa shape index (κ1) is 18.8. The van der Waals surface area contributed by atoms with Crippen molar-refractivity contribution in [3.05, 3.63) is 86.8 Å². The molecule has 0 aliphatic carbocycles. The number of aliphatic imine (C=N–C) groups is 1. The van der Waals surface area contributed by atoms with Crippen LogP contribution in [0, 0.1) is 0 Å². The molecule has 4 rings (SSSR count). The molecule has 0 aromatic heterocycles. The van der Waals surface area contributed by atoms with E-state index in [0.717, 1.165) is 26.9 Å². The lowest BCUT2D eigenvalue weighted by Gasteiger charge is -2.28. The first-order chi connectivity index (χ1) is 13.6. The van der Waals surface area contributed by atoms with Crippen molar-refractivity contribution in [2.75, 3.05) is 14.2 Å². The third-order valence-electron chi connectivity index (χ3n) is 4.53. The van der Waals surface area contributed by atoms with Crippen molar-refractivity contribution >= 4 is 39.1 Å². The summed E-state index contributed by atoms with van der Waals surface area (Å²) in [5.74, 6) is 1.74. The van der Waals surface area contributed by atoms with Crippen LogP contribution in [0.1, 0.15) is 22.8 Å². The smallest absolute Gasteiger partial charge is 0.222 e. The summed E-state index contributed by atoms with van der Waals surface area (Å²) in [6, 6.07) is 19.2. The third kappa shape index (κ3) is 3.48. The maximum atomic E-state index is 6.49. The van der Waals surface area contributed by atoms with E-state index in [0.29, 0.717) is 22.4 Å². The second-order valence-electron chi connectivity index (χ2n) is 6.21. The molecular weight excluding hydrogens is 442 g/mol. The molecule has 0 bridgehead atoms. The van der Waals surface area contributed by atoms with Crippen molar-refractivity contribution < 1.29 is 14.2 Å². The van der Waals surface area contributed by atoms with E-state index in [2.05, 4.69) is 15.9 Å². The predicted molar refractivity (Wildman–Crippen MR) is 114 cm³/mol. The zero-order valence-electron chi connectivity index (χ0n) is 15.3. The molecule has 142 valence electrons. The van der Waals surface area contributed by atoms with Crippen molar-refractivity contribution in [3.8, 4) is 11.5 Å². The fraction of sp³-hybridized carbons (Fsp3) is 0.136. The zero-order valence-corrected chi connectivity index (χ0v) is 17.6. The number of hydrogen-bond acceptors (Lipinski definition) is 4. The predicted octanol–water partition coefficient (Wildman–Crippen LogP) is 6.32. The summed E-state index contributed by atoms with van der Waals surface area (Å²) in [5, 5.41) is 0.628. The number of rotatable bonds is 4. The van der Waals surface area contributed by atoms with Crippen LogP contribution in [0.25, 0.3) is 0 Å². The molecule has 1 atom stereocenters. The Morgan fingerprint density at radius 1 is 0.929 bits per heavy atom. The summed E-state index contributed by atoms with van der Waals surface area (Å²) in [5.41, 5.74) is 3.35. The van der Waals surface area contributed by atoms with Gasteiger partial charge in [0.05, 0.1) is 19.9 Å². The summed E-state index contributed by atoms with van der Waals surface area (Å²) < 4.78 is 18.2. The fourth-order valence-electron chi connectivity index (χ4n) is 3.17. The second kappa shape index (κ2) is 7.86. The van der Waals surface area contributed by atoms with Gasteiger partial charge in [-0.25, -0.2) is 4.99 Å². The molecule has 0 saturated carbocycles. The first-order valence-corrected chi connectivity index (χ1v) is 9.79. The molecule has 0 saturated heterocycles. The van der Waals surface area contributed by atoms with E-state index < -0.39 is 6.10 Å². The van der Waals surface area contributed by atoms with Gasteiger partial charge in [0.25, 0.3) is 0 Å². The molecule has 0 radical (unpaired) electrons. The largest absolute Gasteiger partial charge is 0.493 e. The Hall–Kier alpha value is -2.50. The van der Waals surface area contributed by atoms with Crippen molar-refractivity contribution in [1.29, 1.82) is 0 Å². The molecule has 0 amide bonds. The lowest BCUT2D eigenvalue weighted by Crippen LogP contribution is -2.18. The summed E-state index contributed by atoms with van der Waals surface area (Å²) in [7, 11) is 3.21. The molecule has 1 heterocycles. The molecule has 0 N–H and O–H groups in total. The quantitative estimate of drug-likeness (QED) is 0.459. The van der Waals surface area contributed by atoms with Crippen LogP contribution in [0.4, 0.5) is 5.69 Å². The first-order valence-electron chi connectivity index (χ1n) is 8.62. The Balaban J connectivity index is 1.92. The van der Waals surface area contributed by atoms with Gasteiger partial charge in [0.2, 0.25) is 5.90 Å². The van der Waals surface area contributed by atoms with Crippen LogP contribution in [0.15, 0.2) is 70.1 Å². The van der Waals surface area contributed by atoms with Crippen molar-refractivity contribution in [2.24, 2.45) is 4.99 Å². The minimum atomic E-state index is -0.421. The molecule has 0 fully saturated rings. The Bertz CT molecular complexity index is 1070. The maximum absolute atomic E-state index is 6.49. The molecule has 3 aromatic rings. The Kier molecular flexibility index (Phi) is 5.29. The molecule has 4 nitrogen and oxygen atoms in total. The van der Waals surface area contributed by atoms with Crippen LogP contribution in [0.5, 0.6) is 11.5 Å². The average Bonchev–Trinajstić information content (AvgIpc) is 2.72. The molecule has 1 unspecified atom stereocenters. The van der Waals surface area contributed by atoms with Gasteiger partial charge in [-0.1, -0.05) is 51.8 Å². The highest BCUT2D eigenvalue weighted by Gasteiger charge is 2.29. The van der Waals surface area contributed by atoms with Crippen LogP contribution in [-0.4, -0.2) is 20.1 Å². The topological polar surface area (TPSA) is 40.0 Å². The van der Waals surface area contributed by atoms with E-state index in [1.807, 2.05) is 60.7 Å². The molecule has 1 aliphatic heterocycles. The number of ether oxygens (including phenoxy) is 3. The van der Waals surface area contributed by atoms with Gasteiger partial charge >= 0.3 is 0 Å². The van der Waals surface area contributed by atoms with Crippen LogP contribution in [0.2, 0.25) is 5.02 Å². The van der Waals surface area contributed by atoms with E-state index in [9.17, 15) is 0 Å². The molecule has 6 heteroatoms. The van der Waals surface area contributed by atoms with E-state index in [4.69, 9.17) is 30.8 Å². The summed E-state index contributed by atoms with van der Waals surface area (Å²) in [4.78, 5) is 4.74. The lowest BCUT2D eigenvalue weighted by molar-refractivity contribution is 0.228. The van der Waals surface area contributed by atoms with E-state index >= 15 is 0 Å². The number of halogens is 2. The van der Waals surface area contributed by atoms with Crippen LogP contribution in [-0.2, 0) is 4.74 Å².